The quantitative estimate of drug-likeness (QED) is 0.392. The van der Waals surface area contributed by atoms with E-state index >= 15 is 0 Å². The second-order valence-electron chi connectivity index (χ2n) is 6.73. The maximum absolute atomic E-state index is 6.00. The van der Waals surface area contributed by atoms with E-state index in [1.165, 1.54) is 0 Å². The number of halogens is 2. The standard InChI is InChI=1S/C22H15BrClN5O/c23-16-6-4-14(5-7-16)20-13-21(29-22(25-20)26-27-28-29)15-2-1-3-19(12-15)30-18-10-8-17(24)9-11-18/h1-13,21H,(H,25,26,28). The number of tetrazole rings is 1. The predicted octanol–water partition coefficient (Wildman–Crippen LogP) is 5.94. The Morgan fingerprint density at radius 1 is 0.967 bits per heavy atom. The van der Waals surface area contributed by atoms with Gasteiger partial charge in [-0.1, -0.05) is 56.9 Å². The Balaban J connectivity index is 1.50. The summed E-state index contributed by atoms with van der Waals surface area (Å²) in [5, 5.41) is 16.1. The first kappa shape index (κ1) is 18.8. The molecule has 5 rings (SSSR count). The van der Waals surface area contributed by atoms with Crippen molar-refractivity contribution in [1.82, 2.24) is 20.2 Å². The first-order valence-electron chi connectivity index (χ1n) is 9.22. The van der Waals surface area contributed by atoms with Crippen LogP contribution in [0.25, 0.3) is 5.70 Å². The molecule has 0 amide bonds. The number of nitrogens with one attached hydrogen (secondary N) is 1. The molecule has 1 aliphatic rings. The van der Waals surface area contributed by atoms with Crippen LogP contribution in [0.1, 0.15) is 17.2 Å². The lowest BCUT2D eigenvalue weighted by molar-refractivity contribution is 0.480. The highest BCUT2D eigenvalue weighted by Gasteiger charge is 2.24. The molecule has 0 radical (unpaired) electrons. The van der Waals surface area contributed by atoms with Crippen LogP contribution in [-0.2, 0) is 0 Å². The maximum atomic E-state index is 6.00. The smallest absolute Gasteiger partial charge is 0.248 e. The van der Waals surface area contributed by atoms with E-state index in [-0.39, 0.29) is 6.04 Å². The number of nitrogens with zero attached hydrogens (tertiary/aromatic N) is 4. The third kappa shape index (κ3) is 3.81. The zero-order valence-electron chi connectivity index (χ0n) is 15.5. The Bertz CT molecular complexity index is 1220. The number of aromatic nitrogens is 4. The molecule has 0 saturated carbocycles. The number of benzene rings is 3. The topological polar surface area (TPSA) is 64.9 Å². The van der Waals surface area contributed by atoms with Crippen molar-refractivity contribution in [2.45, 2.75) is 6.04 Å². The van der Waals surface area contributed by atoms with Crippen LogP contribution in [0.2, 0.25) is 5.02 Å². The van der Waals surface area contributed by atoms with Gasteiger partial charge in [-0.05, 0) is 76.2 Å². The van der Waals surface area contributed by atoms with Crippen molar-refractivity contribution in [2.75, 3.05) is 5.32 Å². The van der Waals surface area contributed by atoms with Crippen LogP contribution in [0.15, 0.2) is 83.3 Å². The zero-order valence-corrected chi connectivity index (χ0v) is 17.9. The highest BCUT2D eigenvalue weighted by atomic mass is 79.9. The summed E-state index contributed by atoms with van der Waals surface area (Å²) in [6.45, 7) is 0. The first-order chi connectivity index (χ1) is 14.7. The van der Waals surface area contributed by atoms with Gasteiger partial charge in [0, 0.05) is 15.2 Å². The first-order valence-corrected chi connectivity index (χ1v) is 10.4. The van der Waals surface area contributed by atoms with Crippen molar-refractivity contribution in [3.63, 3.8) is 0 Å². The summed E-state index contributed by atoms with van der Waals surface area (Å²) in [7, 11) is 0. The van der Waals surface area contributed by atoms with Crippen LogP contribution < -0.4 is 10.1 Å². The Morgan fingerprint density at radius 2 is 1.77 bits per heavy atom. The van der Waals surface area contributed by atoms with Crippen LogP contribution in [0.5, 0.6) is 11.5 Å². The molecular weight excluding hydrogens is 466 g/mol. The van der Waals surface area contributed by atoms with Gasteiger partial charge in [0.2, 0.25) is 5.95 Å². The molecule has 1 N–H and O–H groups in total. The molecule has 30 heavy (non-hydrogen) atoms. The van der Waals surface area contributed by atoms with E-state index in [1.54, 1.807) is 16.8 Å². The van der Waals surface area contributed by atoms with E-state index < -0.39 is 0 Å². The van der Waals surface area contributed by atoms with Crippen molar-refractivity contribution in [2.24, 2.45) is 0 Å². The van der Waals surface area contributed by atoms with Crippen molar-refractivity contribution in [1.29, 1.82) is 0 Å². The number of fused-ring (bicyclic) bond motifs is 1. The minimum absolute atomic E-state index is 0.177. The van der Waals surface area contributed by atoms with Crippen LogP contribution in [0.4, 0.5) is 5.95 Å². The lowest BCUT2D eigenvalue weighted by Crippen LogP contribution is -2.20. The molecule has 0 spiro atoms. The summed E-state index contributed by atoms with van der Waals surface area (Å²) in [4.78, 5) is 0. The van der Waals surface area contributed by atoms with Crippen molar-refractivity contribution >= 4 is 39.2 Å². The summed E-state index contributed by atoms with van der Waals surface area (Å²) < 4.78 is 8.78. The van der Waals surface area contributed by atoms with Crippen molar-refractivity contribution in [3.05, 3.63) is 99.5 Å². The van der Waals surface area contributed by atoms with Gasteiger partial charge >= 0.3 is 0 Å². The maximum Gasteiger partial charge on any atom is 0.248 e. The number of ether oxygens (including phenoxy) is 1. The SMILES string of the molecule is Clc1ccc(Oc2cccc(C3C=C(c4ccc(Br)cc4)Nc4nnnn43)c2)cc1. The lowest BCUT2D eigenvalue weighted by Gasteiger charge is -2.24. The Hall–Kier alpha value is -3.16. The second-order valence-corrected chi connectivity index (χ2v) is 8.08. The molecular formula is C22H15BrClN5O. The van der Waals surface area contributed by atoms with Crippen LogP contribution in [0, 0.1) is 0 Å². The molecule has 4 aromatic rings. The average molecular weight is 481 g/mol. The number of rotatable bonds is 4. The lowest BCUT2D eigenvalue weighted by atomic mass is 10.0. The van der Waals surface area contributed by atoms with Gasteiger partial charge in [0.1, 0.15) is 17.5 Å². The van der Waals surface area contributed by atoms with Crippen LogP contribution in [0.3, 0.4) is 0 Å². The van der Waals surface area contributed by atoms with Gasteiger partial charge < -0.3 is 10.1 Å². The second kappa shape index (κ2) is 7.93. The van der Waals surface area contributed by atoms with Gasteiger partial charge in [-0.2, -0.15) is 4.68 Å². The molecule has 0 fully saturated rings. The van der Waals surface area contributed by atoms with E-state index in [1.807, 2.05) is 60.7 Å². The molecule has 1 aliphatic heterocycles. The number of anilines is 1. The summed E-state index contributed by atoms with van der Waals surface area (Å²) in [6, 6.07) is 23.1. The fourth-order valence-electron chi connectivity index (χ4n) is 3.29. The van der Waals surface area contributed by atoms with E-state index in [0.29, 0.717) is 11.0 Å². The van der Waals surface area contributed by atoms with Crippen LogP contribution in [-0.4, -0.2) is 20.2 Å². The van der Waals surface area contributed by atoms with Crippen molar-refractivity contribution in [3.8, 4) is 11.5 Å². The molecule has 8 heteroatoms. The van der Waals surface area contributed by atoms with Gasteiger partial charge in [0.15, 0.2) is 0 Å². The molecule has 1 aromatic heterocycles. The highest BCUT2D eigenvalue weighted by molar-refractivity contribution is 9.10. The highest BCUT2D eigenvalue weighted by Crippen LogP contribution is 2.34. The molecule has 0 bridgehead atoms. The largest absolute Gasteiger partial charge is 0.457 e. The van der Waals surface area contributed by atoms with Gasteiger partial charge in [0.05, 0.1) is 0 Å². The molecule has 0 saturated heterocycles. The number of allylic oxidation sites excluding steroid dienone is 1. The van der Waals surface area contributed by atoms with Gasteiger partial charge in [-0.15, -0.1) is 0 Å². The molecule has 1 unspecified atom stereocenters. The van der Waals surface area contributed by atoms with E-state index in [4.69, 9.17) is 16.3 Å². The van der Waals surface area contributed by atoms with Gasteiger partial charge in [-0.3, -0.25) is 0 Å². The minimum atomic E-state index is -0.177. The third-order valence-electron chi connectivity index (χ3n) is 4.73. The Labute approximate surface area is 186 Å². The van der Waals surface area contributed by atoms with E-state index in [9.17, 15) is 0 Å². The molecule has 2 heterocycles. The van der Waals surface area contributed by atoms with E-state index in [2.05, 4.69) is 42.8 Å². The molecule has 3 aromatic carbocycles. The predicted molar refractivity (Wildman–Crippen MR) is 120 cm³/mol. The van der Waals surface area contributed by atoms with E-state index in [0.717, 1.165) is 32.8 Å². The fourth-order valence-corrected chi connectivity index (χ4v) is 3.68. The summed E-state index contributed by atoms with van der Waals surface area (Å²) in [5.74, 6) is 2.03. The molecule has 0 aliphatic carbocycles. The number of hydrogen-bond acceptors (Lipinski definition) is 5. The normalized spacial score (nSPS) is 15.1. The van der Waals surface area contributed by atoms with Crippen LogP contribution >= 0.6 is 27.5 Å². The Morgan fingerprint density at radius 3 is 2.57 bits per heavy atom. The molecule has 6 nitrogen and oxygen atoms in total. The molecule has 1 atom stereocenters. The average Bonchev–Trinajstić information content (AvgIpc) is 3.24. The van der Waals surface area contributed by atoms with Crippen molar-refractivity contribution < 1.29 is 4.74 Å². The third-order valence-corrected chi connectivity index (χ3v) is 5.51. The zero-order chi connectivity index (χ0) is 20.5. The fraction of sp³-hybridized carbons (Fsp3) is 0.0455. The summed E-state index contributed by atoms with van der Waals surface area (Å²) in [6.07, 6.45) is 2.11. The monoisotopic (exact) mass is 479 g/mol. The number of hydrogen-bond donors (Lipinski definition) is 1. The summed E-state index contributed by atoms with van der Waals surface area (Å²) in [5.41, 5.74) is 3.00. The van der Waals surface area contributed by atoms with Gasteiger partial charge in [0.25, 0.3) is 0 Å². The summed E-state index contributed by atoms with van der Waals surface area (Å²) >= 11 is 9.44. The Kier molecular flexibility index (Phi) is 4.98. The minimum Gasteiger partial charge on any atom is -0.457 e. The molecule has 148 valence electrons. The van der Waals surface area contributed by atoms with Gasteiger partial charge in [-0.25, -0.2) is 0 Å².